The Morgan fingerprint density at radius 2 is 2.00 bits per heavy atom. The molecule has 1 aromatic carbocycles. The molecule has 0 radical (unpaired) electrons. The molecule has 0 aliphatic heterocycles. The van der Waals surface area contributed by atoms with Gasteiger partial charge in [0, 0.05) is 11.8 Å². The van der Waals surface area contributed by atoms with Gasteiger partial charge in [0.05, 0.1) is 10.6 Å². The molecule has 22 heavy (non-hydrogen) atoms. The Bertz CT molecular complexity index is 730. The number of carbonyl (C=O) groups is 2. The van der Waals surface area contributed by atoms with E-state index in [1.165, 1.54) is 0 Å². The van der Waals surface area contributed by atoms with Crippen LogP contribution in [0.15, 0.2) is 21.0 Å². The van der Waals surface area contributed by atoms with Crippen molar-refractivity contribution in [3.8, 4) is 5.75 Å². The summed E-state index contributed by atoms with van der Waals surface area (Å²) in [4.78, 5) is 23.7. The Balaban J connectivity index is 2.53. The predicted molar refractivity (Wildman–Crippen MR) is 85.1 cm³/mol. The molecule has 0 N–H and O–H groups in total. The Hall–Kier alpha value is -1.82. The molecule has 0 saturated heterocycles. The number of halogens is 1. The van der Waals surface area contributed by atoms with Crippen molar-refractivity contribution in [2.45, 2.75) is 40.2 Å². The van der Waals surface area contributed by atoms with Crippen LogP contribution in [-0.2, 0) is 9.53 Å². The van der Waals surface area contributed by atoms with E-state index in [0.717, 1.165) is 0 Å². The van der Waals surface area contributed by atoms with Crippen molar-refractivity contribution in [2.24, 2.45) is 0 Å². The number of fused-ring (bicyclic) bond motifs is 1. The molecule has 0 aliphatic rings. The number of furan rings is 1. The van der Waals surface area contributed by atoms with Crippen molar-refractivity contribution in [3.05, 3.63) is 27.9 Å². The fraction of sp³-hybridized carbons (Fsp3) is 0.375. The quantitative estimate of drug-likeness (QED) is 0.591. The lowest BCUT2D eigenvalue weighted by Crippen LogP contribution is -2.12. The molecule has 5 nitrogen and oxygen atoms in total. The maximum atomic E-state index is 12.2. The van der Waals surface area contributed by atoms with Crippen LogP contribution in [-0.4, -0.2) is 18.0 Å². The molecule has 2 aromatic rings. The van der Waals surface area contributed by atoms with Crippen molar-refractivity contribution in [1.82, 2.24) is 0 Å². The standard InChI is InChI=1S/C16H17BrO5/c1-5-14(18)22-13-6-10-12(7-11(13)17)21-9(4)15(10)16(19)20-8(2)3/h6-8H,5H2,1-4H3. The third-order valence-corrected chi connectivity index (χ3v) is 3.60. The van der Waals surface area contributed by atoms with E-state index in [-0.39, 0.29) is 18.5 Å². The average Bonchev–Trinajstić information content (AvgIpc) is 2.73. The summed E-state index contributed by atoms with van der Waals surface area (Å²) in [6.07, 6.45) is 0.0293. The van der Waals surface area contributed by atoms with Gasteiger partial charge in [-0.2, -0.15) is 0 Å². The van der Waals surface area contributed by atoms with Gasteiger partial charge in [0.15, 0.2) is 0 Å². The molecular formula is C16H17BrO5. The Kier molecular flexibility index (Phi) is 4.90. The highest BCUT2D eigenvalue weighted by Crippen LogP contribution is 2.35. The molecule has 0 unspecified atom stereocenters. The lowest BCUT2D eigenvalue weighted by Gasteiger charge is -2.08. The first-order valence-corrected chi connectivity index (χ1v) is 7.77. The van der Waals surface area contributed by atoms with E-state index in [1.54, 1.807) is 39.8 Å². The second-order valence-electron chi connectivity index (χ2n) is 5.09. The first-order valence-electron chi connectivity index (χ1n) is 6.97. The first kappa shape index (κ1) is 16.5. The zero-order chi connectivity index (χ0) is 16.4. The SMILES string of the molecule is CCC(=O)Oc1cc2c(C(=O)OC(C)C)c(C)oc2cc1Br. The van der Waals surface area contributed by atoms with Crippen LogP contribution in [0.2, 0.25) is 0 Å². The molecule has 0 amide bonds. The molecule has 0 spiro atoms. The minimum absolute atomic E-state index is 0.232. The Morgan fingerprint density at radius 1 is 1.32 bits per heavy atom. The minimum Gasteiger partial charge on any atom is -0.460 e. The zero-order valence-corrected chi connectivity index (χ0v) is 14.4. The third kappa shape index (κ3) is 3.32. The number of aryl methyl sites for hydroxylation is 1. The van der Waals surface area contributed by atoms with Gasteiger partial charge in [0.2, 0.25) is 0 Å². The summed E-state index contributed by atoms with van der Waals surface area (Å²) in [5, 5.41) is 0.560. The van der Waals surface area contributed by atoms with Gasteiger partial charge in [0.1, 0.15) is 22.7 Å². The average molecular weight is 369 g/mol. The van der Waals surface area contributed by atoms with Crippen molar-refractivity contribution in [2.75, 3.05) is 0 Å². The Morgan fingerprint density at radius 3 is 2.59 bits per heavy atom. The molecule has 0 fully saturated rings. The lowest BCUT2D eigenvalue weighted by molar-refractivity contribution is -0.134. The van der Waals surface area contributed by atoms with Gasteiger partial charge in [0.25, 0.3) is 0 Å². The first-order chi connectivity index (χ1) is 10.3. The van der Waals surface area contributed by atoms with Crippen molar-refractivity contribution >= 4 is 38.8 Å². The summed E-state index contributed by atoms with van der Waals surface area (Å²) in [6, 6.07) is 3.28. The minimum atomic E-state index is -0.457. The summed E-state index contributed by atoms with van der Waals surface area (Å²) < 4.78 is 16.7. The fourth-order valence-corrected chi connectivity index (χ4v) is 2.42. The summed E-state index contributed by atoms with van der Waals surface area (Å²) in [5.74, 6) is -0.00169. The topological polar surface area (TPSA) is 65.7 Å². The molecule has 0 atom stereocenters. The molecule has 1 aromatic heterocycles. The second kappa shape index (κ2) is 6.52. The molecule has 2 rings (SSSR count). The number of ether oxygens (including phenoxy) is 2. The van der Waals surface area contributed by atoms with Gasteiger partial charge in [-0.3, -0.25) is 4.79 Å². The van der Waals surface area contributed by atoms with Gasteiger partial charge >= 0.3 is 11.9 Å². The van der Waals surface area contributed by atoms with Crippen LogP contribution < -0.4 is 4.74 Å². The second-order valence-corrected chi connectivity index (χ2v) is 5.95. The number of hydrogen-bond donors (Lipinski definition) is 0. The summed E-state index contributed by atoms with van der Waals surface area (Å²) in [7, 11) is 0. The van der Waals surface area contributed by atoms with Crippen LogP contribution in [0.5, 0.6) is 5.75 Å². The van der Waals surface area contributed by atoms with E-state index < -0.39 is 5.97 Å². The van der Waals surface area contributed by atoms with Gasteiger partial charge in [-0.25, -0.2) is 4.79 Å². The molecule has 6 heteroatoms. The summed E-state index contributed by atoms with van der Waals surface area (Å²) in [5.41, 5.74) is 0.876. The van der Waals surface area contributed by atoms with E-state index in [1.807, 2.05) is 0 Å². The van der Waals surface area contributed by atoms with Crippen molar-refractivity contribution in [1.29, 1.82) is 0 Å². The third-order valence-electron chi connectivity index (χ3n) is 2.98. The number of hydrogen-bond acceptors (Lipinski definition) is 5. The van der Waals surface area contributed by atoms with Crippen molar-refractivity contribution < 1.29 is 23.5 Å². The molecule has 0 saturated carbocycles. The largest absolute Gasteiger partial charge is 0.460 e. The molecular weight excluding hydrogens is 352 g/mol. The smallest absolute Gasteiger partial charge is 0.342 e. The van der Waals surface area contributed by atoms with Gasteiger partial charge in [-0.05, 0) is 48.8 Å². The van der Waals surface area contributed by atoms with E-state index >= 15 is 0 Å². The van der Waals surface area contributed by atoms with Crippen LogP contribution in [0.4, 0.5) is 0 Å². The summed E-state index contributed by atoms with van der Waals surface area (Å²) >= 11 is 3.33. The van der Waals surface area contributed by atoms with E-state index in [9.17, 15) is 9.59 Å². The molecule has 0 aliphatic carbocycles. The van der Waals surface area contributed by atoms with Crippen LogP contribution in [0.3, 0.4) is 0 Å². The Labute approximate surface area is 136 Å². The zero-order valence-electron chi connectivity index (χ0n) is 12.9. The molecule has 0 bridgehead atoms. The van der Waals surface area contributed by atoms with Gasteiger partial charge in [-0.15, -0.1) is 0 Å². The van der Waals surface area contributed by atoms with Crippen LogP contribution >= 0.6 is 15.9 Å². The highest BCUT2D eigenvalue weighted by molar-refractivity contribution is 9.10. The highest BCUT2D eigenvalue weighted by Gasteiger charge is 2.22. The predicted octanol–water partition coefficient (Wildman–Crippen LogP) is 4.38. The molecule has 1 heterocycles. The van der Waals surface area contributed by atoms with Crippen LogP contribution in [0, 0.1) is 6.92 Å². The lowest BCUT2D eigenvalue weighted by atomic mass is 10.1. The number of benzene rings is 1. The van der Waals surface area contributed by atoms with Gasteiger partial charge < -0.3 is 13.9 Å². The maximum Gasteiger partial charge on any atom is 0.342 e. The number of rotatable bonds is 4. The van der Waals surface area contributed by atoms with Gasteiger partial charge in [-0.1, -0.05) is 6.92 Å². The van der Waals surface area contributed by atoms with E-state index in [0.29, 0.717) is 32.5 Å². The maximum absolute atomic E-state index is 12.2. The monoisotopic (exact) mass is 368 g/mol. The highest BCUT2D eigenvalue weighted by atomic mass is 79.9. The van der Waals surface area contributed by atoms with Crippen molar-refractivity contribution in [3.63, 3.8) is 0 Å². The number of carbonyl (C=O) groups excluding carboxylic acids is 2. The summed E-state index contributed by atoms with van der Waals surface area (Å²) in [6.45, 7) is 6.96. The van der Waals surface area contributed by atoms with Crippen LogP contribution in [0.1, 0.15) is 43.3 Å². The normalized spacial score (nSPS) is 11.0. The van der Waals surface area contributed by atoms with Crippen LogP contribution in [0.25, 0.3) is 11.0 Å². The van der Waals surface area contributed by atoms with E-state index in [4.69, 9.17) is 13.9 Å². The van der Waals surface area contributed by atoms with E-state index in [2.05, 4.69) is 15.9 Å². The fourth-order valence-electron chi connectivity index (χ4n) is 2.02. The molecule has 118 valence electrons. The number of esters is 2.